The minimum absolute atomic E-state index is 0.0213. The van der Waals surface area contributed by atoms with Gasteiger partial charge in [-0.3, -0.25) is 4.79 Å². The second-order valence-electron chi connectivity index (χ2n) is 3.56. The Hall–Kier alpha value is -0.0600. The van der Waals surface area contributed by atoms with Gasteiger partial charge in [0.25, 0.3) is 0 Å². The maximum atomic E-state index is 10.9. The van der Waals surface area contributed by atoms with E-state index in [1.165, 1.54) is 6.42 Å². The minimum atomic E-state index is 0.0213. The zero-order valence-electron chi connectivity index (χ0n) is 7.43. The molecule has 0 aromatic carbocycles. The molecule has 1 rings (SSSR count). The summed E-state index contributed by atoms with van der Waals surface area (Å²) in [5, 5.41) is 3.00. The lowest BCUT2D eigenvalue weighted by molar-refractivity contribution is -0.122. The molecular weight excluding hydrogens is 261 g/mol. The van der Waals surface area contributed by atoms with Gasteiger partial charge in [-0.15, -0.1) is 0 Å². The predicted octanol–water partition coefficient (Wildman–Crippen LogP) is 2.24. The van der Waals surface area contributed by atoms with E-state index in [4.69, 9.17) is 0 Å². The average molecular weight is 275 g/mol. The van der Waals surface area contributed by atoms with Gasteiger partial charge in [0.15, 0.2) is 0 Å². The van der Waals surface area contributed by atoms with Crippen LogP contribution >= 0.6 is 22.6 Å². The maximum Gasteiger partial charge on any atom is 0.217 e. The lowest BCUT2D eigenvalue weighted by atomic mass is 9.68. The van der Waals surface area contributed by atoms with E-state index in [-0.39, 0.29) is 11.4 Å². The fourth-order valence-electron chi connectivity index (χ4n) is 1.70. The summed E-state index contributed by atoms with van der Waals surface area (Å²) in [4.78, 5) is 10.9. The van der Waals surface area contributed by atoms with Gasteiger partial charge in [0.05, 0.1) is 0 Å². The van der Waals surface area contributed by atoms with E-state index in [1.807, 2.05) is 4.08 Å². The van der Waals surface area contributed by atoms with Crippen molar-refractivity contribution < 1.29 is 4.79 Å². The molecule has 1 unspecified atom stereocenters. The summed E-state index contributed by atoms with van der Waals surface area (Å²) in [5.74, 6) is 0.599. The fraction of sp³-hybridized carbons (Fsp3) is 0.667. The van der Waals surface area contributed by atoms with Crippen LogP contribution in [0.2, 0.25) is 0 Å². The highest BCUT2D eigenvalue weighted by atomic mass is 123. The van der Waals surface area contributed by atoms with Crippen molar-refractivity contribution >= 4 is 28.5 Å². The van der Waals surface area contributed by atoms with Crippen molar-refractivity contribution in [2.75, 3.05) is 0 Å². The van der Waals surface area contributed by atoms with Crippen LogP contribution in [0.3, 0.4) is 0 Å². The molecule has 0 aromatic rings. The lowest BCUT2D eigenvalue weighted by Gasteiger charge is -2.46. The van der Waals surface area contributed by atoms with Crippen molar-refractivity contribution in [3.8, 4) is 0 Å². The summed E-state index contributed by atoms with van der Waals surface area (Å²) in [6.45, 7) is 3.69. The van der Waals surface area contributed by atoms with Gasteiger partial charge in [-0.1, -0.05) is 28.7 Å². The van der Waals surface area contributed by atoms with Gasteiger partial charge in [-0.2, -0.15) is 0 Å². The van der Waals surface area contributed by atoms with E-state index < -0.39 is 0 Å². The first kappa shape index (κ1) is 10.0. The molecule has 1 fully saturated rings. The summed E-state index contributed by atoms with van der Waals surface area (Å²) < 4.78 is 2.03. The molecule has 2 nitrogen and oxygen atoms in total. The Morgan fingerprint density at radius 3 is 2.75 bits per heavy atom. The summed E-state index contributed by atoms with van der Waals surface area (Å²) in [6.07, 6.45) is 4.45. The average Bonchev–Trinajstić information content (AvgIpc) is 1.97. The molecular formula is C9H14INO. The summed E-state index contributed by atoms with van der Waals surface area (Å²) >= 11 is 2.22. The Morgan fingerprint density at radius 2 is 2.42 bits per heavy atom. The van der Waals surface area contributed by atoms with Gasteiger partial charge in [0.1, 0.15) is 0 Å². The summed E-state index contributed by atoms with van der Waals surface area (Å²) in [7, 11) is 0. The number of hydrogen-bond donors (Lipinski definition) is 1. The molecule has 1 amide bonds. The van der Waals surface area contributed by atoms with Crippen LogP contribution in [0.5, 0.6) is 0 Å². The van der Waals surface area contributed by atoms with E-state index in [9.17, 15) is 4.79 Å². The van der Waals surface area contributed by atoms with Crippen molar-refractivity contribution in [3.63, 3.8) is 0 Å². The molecule has 1 saturated carbocycles. The molecule has 0 bridgehead atoms. The van der Waals surface area contributed by atoms with Gasteiger partial charge < -0.3 is 5.32 Å². The molecule has 0 radical (unpaired) electrons. The normalized spacial score (nSPS) is 34.8. The molecule has 0 heterocycles. The van der Waals surface area contributed by atoms with E-state index in [0.717, 1.165) is 6.42 Å². The van der Waals surface area contributed by atoms with Crippen LogP contribution in [0.15, 0.2) is 10.2 Å². The maximum absolute atomic E-state index is 10.9. The van der Waals surface area contributed by atoms with Crippen molar-refractivity contribution in [1.29, 1.82) is 0 Å². The van der Waals surface area contributed by atoms with Crippen LogP contribution in [-0.2, 0) is 4.79 Å². The van der Waals surface area contributed by atoms with Gasteiger partial charge in [-0.25, -0.2) is 0 Å². The minimum Gasteiger partial charge on any atom is -0.351 e. The van der Waals surface area contributed by atoms with Crippen LogP contribution in [0, 0.1) is 5.92 Å². The number of halogens is 1. The highest BCUT2D eigenvalue weighted by Crippen LogP contribution is 2.39. The molecule has 0 saturated heterocycles. The zero-order valence-corrected chi connectivity index (χ0v) is 9.59. The van der Waals surface area contributed by atoms with Crippen LogP contribution in [0.1, 0.15) is 26.7 Å². The Bertz CT molecular complexity index is 215. The van der Waals surface area contributed by atoms with Gasteiger partial charge in [0.2, 0.25) is 5.91 Å². The summed E-state index contributed by atoms with van der Waals surface area (Å²) in [6, 6.07) is 0. The van der Waals surface area contributed by atoms with E-state index >= 15 is 0 Å². The number of rotatable bonds is 2. The Kier molecular flexibility index (Phi) is 3.15. The van der Waals surface area contributed by atoms with E-state index in [1.54, 1.807) is 6.92 Å². The standard InChI is InChI=1S/C9H14INO/c1-7(12)11-9(2)5-3-8(9)4-6-10/h4,6,8H,3,5H2,1-2H3,(H,11,12)/b6-4-/t8?,9-/m0/s1/i10-4. The quantitative estimate of drug-likeness (QED) is 0.769. The fourth-order valence-corrected chi connectivity index (χ4v) is 2.20. The SMILES string of the molecule is CC(=O)N[C@@]1(C)CCC1/C=C\[123I]. The number of amides is 1. The van der Waals surface area contributed by atoms with Crippen LogP contribution in [-0.4, -0.2) is 11.4 Å². The molecule has 0 aromatic heterocycles. The molecule has 68 valence electrons. The predicted molar refractivity (Wildman–Crippen MR) is 58.1 cm³/mol. The lowest BCUT2D eigenvalue weighted by Crippen LogP contribution is -2.56. The summed E-state index contributed by atoms with van der Waals surface area (Å²) in [5.41, 5.74) is 0.0213. The Balaban J connectivity index is 2.54. The van der Waals surface area contributed by atoms with Gasteiger partial charge in [-0.05, 0) is 23.8 Å². The van der Waals surface area contributed by atoms with Gasteiger partial charge in [0, 0.05) is 18.4 Å². The number of hydrogen-bond acceptors (Lipinski definition) is 1. The largest absolute Gasteiger partial charge is 0.351 e. The molecule has 0 spiro atoms. The first-order valence-corrected chi connectivity index (χ1v) is 5.39. The van der Waals surface area contributed by atoms with Crippen LogP contribution < -0.4 is 5.32 Å². The molecule has 1 N–H and O–H groups in total. The van der Waals surface area contributed by atoms with Crippen LogP contribution in [0.4, 0.5) is 0 Å². The monoisotopic (exact) mass is 275 g/mol. The zero-order chi connectivity index (χ0) is 9.19. The molecule has 12 heavy (non-hydrogen) atoms. The number of nitrogens with one attached hydrogen (secondary N) is 1. The molecule has 3 heteroatoms. The Labute approximate surface area is 86.9 Å². The Morgan fingerprint density at radius 1 is 1.75 bits per heavy atom. The second-order valence-corrected chi connectivity index (χ2v) is 4.28. The van der Waals surface area contributed by atoms with Crippen LogP contribution in [0.25, 0.3) is 0 Å². The first-order chi connectivity index (χ1) is 5.58. The molecule has 1 aliphatic carbocycles. The third-order valence-electron chi connectivity index (χ3n) is 2.56. The van der Waals surface area contributed by atoms with E-state index in [2.05, 4.69) is 40.9 Å². The molecule has 1 aliphatic rings. The van der Waals surface area contributed by atoms with E-state index in [0.29, 0.717) is 5.92 Å². The number of carbonyl (C=O) groups excluding carboxylic acids is 1. The van der Waals surface area contributed by atoms with Crippen molar-refractivity contribution in [2.24, 2.45) is 5.92 Å². The van der Waals surface area contributed by atoms with Crippen molar-refractivity contribution in [3.05, 3.63) is 10.2 Å². The third kappa shape index (κ3) is 2.00. The van der Waals surface area contributed by atoms with Crippen molar-refractivity contribution in [1.82, 2.24) is 5.32 Å². The topological polar surface area (TPSA) is 29.1 Å². The smallest absolute Gasteiger partial charge is 0.217 e. The van der Waals surface area contributed by atoms with Gasteiger partial charge >= 0.3 is 0 Å². The molecule has 0 aliphatic heterocycles. The number of carbonyl (C=O) groups is 1. The highest BCUT2D eigenvalue weighted by Gasteiger charge is 2.41. The molecule has 2 atom stereocenters. The highest BCUT2D eigenvalue weighted by molar-refractivity contribution is 14.1. The second kappa shape index (κ2) is 3.77. The third-order valence-corrected chi connectivity index (χ3v) is 2.97. The van der Waals surface area contributed by atoms with Crippen molar-refractivity contribution in [2.45, 2.75) is 32.2 Å². The first-order valence-electron chi connectivity index (χ1n) is 4.14.